The molecule has 1 aliphatic heterocycles. The Morgan fingerprint density at radius 2 is 1.97 bits per heavy atom. The Bertz CT molecular complexity index is 1110. The molecule has 1 aliphatic rings. The van der Waals surface area contributed by atoms with Gasteiger partial charge in [-0.1, -0.05) is 18.2 Å². The van der Waals surface area contributed by atoms with Crippen molar-refractivity contribution in [3.8, 4) is 17.0 Å². The molecule has 7 nitrogen and oxygen atoms in total. The fraction of sp³-hybridized carbons (Fsp3) is 0.227. The molecule has 0 saturated carbocycles. The van der Waals surface area contributed by atoms with Crippen molar-refractivity contribution in [2.45, 2.75) is 18.8 Å². The number of nitrogens with zero attached hydrogens (tertiary/aromatic N) is 3. The number of nitrogens with two attached hydrogens (primary N) is 1. The van der Waals surface area contributed by atoms with Gasteiger partial charge in [0.15, 0.2) is 5.82 Å². The number of nitrogen functional groups attached to an aromatic ring is 1. The fourth-order valence-corrected chi connectivity index (χ4v) is 3.91. The Kier molecular flexibility index (Phi) is 5.22. The van der Waals surface area contributed by atoms with E-state index < -0.39 is 11.8 Å². The molecule has 3 aromatic rings. The number of aromatic hydroxyl groups is 1. The van der Waals surface area contributed by atoms with E-state index in [1.807, 2.05) is 4.90 Å². The van der Waals surface area contributed by atoms with Crippen molar-refractivity contribution in [1.82, 2.24) is 10.2 Å². The number of aromatic nitrogens is 2. The van der Waals surface area contributed by atoms with Crippen molar-refractivity contribution in [3.63, 3.8) is 0 Å². The van der Waals surface area contributed by atoms with Crippen LogP contribution in [0.25, 0.3) is 11.3 Å². The number of carboxylic acids is 1. The highest BCUT2D eigenvalue weighted by Gasteiger charge is 2.26. The minimum atomic E-state index is -1.15. The lowest BCUT2D eigenvalue weighted by Gasteiger charge is -2.35. The van der Waals surface area contributed by atoms with E-state index in [9.17, 15) is 14.3 Å². The third-order valence-electron chi connectivity index (χ3n) is 5.43. The molecule has 154 valence electrons. The van der Waals surface area contributed by atoms with Crippen LogP contribution in [0.4, 0.5) is 15.9 Å². The third-order valence-corrected chi connectivity index (χ3v) is 5.43. The van der Waals surface area contributed by atoms with Gasteiger partial charge in [-0.15, -0.1) is 10.2 Å². The number of piperidine rings is 1. The van der Waals surface area contributed by atoms with E-state index in [4.69, 9.17) is 10.8 Å². The molecule has 0 unspecified atom stereocenters. The standard InChI is InChI=1S/C22H21FN4O3/c23-17-10-13(22(29)30)7-8-15(17)14-4-3-9-27(12-14)19-11-18(25-26-21(19)24)16-5-1-2-6-20(16)28/h1-2,5-8,10-11,14,28H,3-4,9,12H2,(H2,24,26)(H,29,30)/t14-/m0/s1. The second-order valence-electron chi connectivity index (χ2n) is 7.34. The number of carboxylic acid groups (broad SMARTS) is 1. The van der Waals surface area contributed by atoms with E-state index in [1.54, 1.807) is 36.4 Å². The summed E-state index contributed by atoms with van der Waals surface area (Å²) < 4.78 is 14.6. The molecule has 0 radical (unpaired) electrons. The van der Waals surface area contributed by atoms with Gasteiger partial charge in [0, 0.05) is 24.6 Å². The fourth-order valence-electron chi connectivity index (χ4n) is 3.91. The van der Waals surface area contributed by atoms with E-state index in [2.05, 4.69) is 10.2 Å². The number of halogens is 1. The number of benzene rings is 2. The Balaban J connectivity index is 1.63. The van der Waals surface area contributed by atoms with Gasteiger partial charge < -0.3 is 20.8 Å². The van der Waals surface area contributed by atoms with Gasteiger partial charge in [-0.3, -0.25) is 0 Å². The molecule has 0 bridgehead atoms. The lowest BCUT2D eigenvalue weighted by atomic mass is 9.89. The molecule has 0 amide bonds. The van der Waals surface area contributed by atoms with Gasteiger partial charge in [0.25, 0.3) is 0 Å². The molecule has 0 spiro atoms. The van der Waals surface area contributed by atoms with Gasteiger partial charge in [-0.2, -0.15) is 0 Å². The van der Waals surface area contributed by atoms with Gasteiger partial charge in [0.05, 0.1) is 16.9 Å². The first-order valence-corrected chi connectivity index (χ1v) is 9.63. The molecule has 4 N–H and O–H groups in total. The van der Waals surface area contributed by atoms with Crippen LogP contribution in [0.3, 0.4) is 0 Å². The van der Waals surface area contributed by atoms with Crippen LogP contribution in [-0.2, 0) is 0 Å². The van der Waals surface area contributed by atoms with Gasteiger partial charge in [0.1, 0.15) is 11.6 Å². The van der Waals surface area contributed by atoms with Crippen LogP contribution in [0.15, 0.2) is 48.5 Å². The third kappa shape index (κ3) is 3.76. The molecule has 1 aromatic heterocycles. The van der Waals surface area contributed by atoms with Crippen LogP contribution in [0.5, 0.6) is 5.75 Å². The summed E-state index contributed by atoms with van der Waals surface area (Å²) in [6.45, 7) is 1.24. The summed E-state index contributed by atoms with van der Waals surface area (Å²) >= 11 is 0. The summed E-state index contributed by atoms with van der Waals surface area (Å²) in [6, 6.07) is 12.7. The van der Waals surface area contributed by atoms with Crippen LogP contribution in [0, 0.1) is 5.82 Å². The number of phenolic OH excluding ortho intramolecular Hbond substituents is 1. The summed E-state index contributed by atoms with van der Waals surface area (Å²) in [5, 5.41) is 27.3. The monoisotopic (exact) mass is 408 g/mol. The quantitative estimate of drug-likeness (QED) is 0.604. The molecule has 8 heteroatoms. The van der Waals surface area contributed by atoms with E-state index in [-0.39, 0.29) is 23.0 Å². The Morgan fingerprint density at radius 1 is 1.17 bits per heavy atom. The van der Waals surface area contributed by atoms with Crippen molar-refractivity contribution >= 4 is 17.5 Å². The van der Waals surface area contributed by atoms with Crippen LogP contribution < -0.4 is 10.6 Å². The highest BCUT2D eigenvalue weighted by atomic mass is 19.1. The number of aromatic carboxylic acids is 1. The first-order valence-electron chi connectivity index (χ1n) is 9.63. The number of para-hydroxylation sites is 1. The van der Waals surface area contributed by atoms with E-state index >= 15 is 0 Å². The molecular formula is C22H21FN4O3. The zero-order valence-electron chi connectivity index (χ0n) is 16.1. The number of anilines is 2. The second kappa shape index (κ2) is 7.98. The predicted molar refractivity (Wildman–Crippen MR) is 111 cm³/mol. The molecule has 0 aliphatic carbocycles. The maximum absolute atomic E-state index is 14.6. The molecule has 4 rings (SSSR count). The maximum Gasteiger partial charge on any atom is 0.335 e. The first-order chi connectivity index (χ1) is 14.4. The maximum atomic E-state index is 14.6. The second-order valence-corrected chi connectivity index (χ2v) is 7.34. The van der Waals surface area contributed by atoms with Gasteiger partial charge in [0.2, 0.25) is 0 Å². The number of hydrogen-bond acceptors (Lipinski definition) is 6. The number of hydrogen-bond donors (Lipinski definition) is 3. The topological polar surface area (TPSA) is 113 Å². The smallest absolute Gasteiger partial charge is 0.335 e. The molecule has 30 heavy (non-hydrogen) atoms. The van der Waals surface area contributed by atoms with Gasteiger partial charge >= 0.3 is 5.97 Å². The van der Waals surface area contributed by atoms with Crippen LogP contribution in [0.1, 0.15) is 34.7 Å². The molecule has 2 heterocycles. The summed E-state index contributed by atoms with van der Waals surface area (Å²) in [4.78, 5) is 13.1. The SMILES string of the molecule is Nc1nnc(-c2ccccc2O)cc1N1CCC[C@H](c2ccc(C(=O)O)cc2F)C1. The van der Waals surface area contributed by atoms with Gasteiger partial charge in [-0.25, -0.2) is 9.18 Å². The Labute approximate surface area is 172 Å². The van der Waals surface area contributed by atoms with Crippen LogP contribution in [-0.4, -0.2) is 39.5 Å². The van der Waals surface area contributed by atoms with Gasteiger partial charge in [-0.05, 0) is 48.7 Å². The van der Waals surface area contributed by atoms with E-state index in [1.165, 1.54) is 6.07 Å². The number of phenols is 1. The number of carbonyl (C=O) groups is 1. The van der Waals surface area contributed by atoms with Crippen molar-refractivity contribution in [1.29, 1.82) is 0 Å². The zero-order chi connectivity index (χ0) is 21.3. The largest absolute Gasteiger partial charge is 0.507 e. The summed E-state index contributed by atoms with van der Waals surface area (Å²) in [5.41, 5.74) is 8.23. The zero-order valence-corrected chi connectivity index (χ0v) is 16.1. The lowest BCUT2D eigenvalue weighted by Crippen LogP contribution is -2.35. The van der Waals surface area contributed by atoms with E-state index in [0.29, 0.717) is 29.1 Å². The number of rotatable bonds is 4. The van der Waals surface area contributed by atoms with Crippen molar-refractivity contribution in [3.05, 3.63) is 65.5 Å². The lowest BCUT2D eigenvalue weighted by molar-refractivity contribution is 0.0696. The predicted octanol–water partition coefficient (Wildman–Crippen LogP) is 3.65. The highest BCUT2D eigenvalue weighted by Crippen LogP contribution is 2.36. The first kappa shape index (κ1) is 19.6. The average Bonchev–Trinajstić information content (AvgIpc) is 2.74. The highest BCUT2D eigenvalue weighted by molar-refractivity contribution is 5.87. The van der Waals surface area contributed by atoms with Crippen molar-refractivity contribution in [2.75, 3.05) is 23.7 Å². The van der Waals surface area contributed by atoms with Crippen LogP contribution >= 0.6 is 0 Å². The van der Waals surface area contributed by atoms with Crippen molar-refractivity contribution < 1.29 is 19.4 Å². The normalized spacial score (nSPS) is 16.4. The summed E-state index contributed by atoms with van der Waals surface area (Å²) in [7, 11) is 0. The minimum Gasteiger partial charge on any atom is -0.507 e. The molecule has 1 atom stereocenters. The summed E-state index contributed by atoms with van der Waals surface area (Å²) in [6.07, 6.45) is 1.60. The molecule has 2 aromatic carbocycles. The minimum absolute atomic E-state index is 0.0706. The Hall–Kier alpha value is -3.68. The summed E-state index contributed by atoms with van der Waals surface area (Å²) in [5.74, 6) is -1.42. The molecular weight excluding hydrogens is 387 g/mol. The molecule has 1 fully saturated rings. The van der Waals surface area contributed by atoms with Crippen molar-refractivity contribution in [2.24, 2.45) is 0 Å². The molecule has 1 saturated heterocycles. The van der Waals surface area contributed by atoms with E-state index in [0.717, 1.165) is 25.5 Å². The average molecular weight is 408 g/mol. The van der Waals surface area contributed by atoms with Crippen LogP contribution in [0.2, 0.25) is 0 Å². The Morgan fingerprint density at radius 3 is 2.70 bits per heavy atom.